The number of nitrogens with zero attached hydrogens (tertiary/aromatic N) is 3. The molecule has 3 heterocycles. The Morgan fingerprint density at radius 2 is 1.80 bits per heavy atom. The molecule has 3 aliphatic heterocycles. The van der Waals surface area contributed by atoms with Crippen LogP contribution in [0.5, 0.6) is 0 Å². The van der Waals surface area contributed by atoms with Gasteiger partial charge in [-0.25, -0.2) is 0 Å². The van der Waals surface area contributed by atoms with Crippen molar-refractivity contribution in [2.75, 3.05) is 26.2 Å². The molecule has 3 unspecified atom stereocenters. The fourth-order valence-corrected chi connectivity index (χ4v) is 10.5. The zero-order valence-electron chi connectivity index (χ0n) is 24.3. The van der Waals surface area contributed by atoms with E-state index in [0.717, 1.165) is 31.2 Å². The van der Waals surface area contributed by atoms with E-state index in [2.05, 4.69) is 29.1 Å². The Bertz CT molecular complexity index is 1120. The lowest BCUT2D eigenvalue weighted by atomic mass is 9.70. The van der Waals surface area contributed by atoms with Gasteiger partial charge in [-0.15, -0.1) is 24.9 Å². The molecule has 2 bridgehead atoms. The van der Waals surface area contributed by atoms with Crippen LogP contribution in [-0.2, 0) is 20.9 Å². The molecule has 6 atom stereocenters. The van der Waals surface area contributed by atoms with E-state index in [0.29, 0.717) is 32.6 Å². The number of aliphatic hydroxyl groups is 1. The van der Waals surface area contributed by atoms with Gasteiger partial charge in [-0.1, -0.05) is 71.3 Å². The number of thioether (sulfide) groups is 1. The van der Waals surface area contributed by atoms with Gasteiger partial charge in [0.2, 0.25) is 17.7 Å². The van der Waals surface area contributed by atoms with E-state index in [1.165, 1.54) is 0 Å². The van der Waals surface area contributed by atoms with Gasteiger partial charge in [0.1, 0.15) is 6.04 Å². The molecule has 224 valence electrons. The average Bonchev–Trinajstić information content (AvgIpc) is 3.54. The van der Waals surface area contributed by atoms with Crippen molar-refractivity contribution in [2.45, 2.75) is 79.4 Å². The number of hydrogen-bond donors (Lipinski definition) is 1. The highest BCUT2D eigenvalue weighted by atomic mass is 79.9. The molecule has 3 fully saturated rings. The smallest absolute Gasteiger partial charge is 0.247 e. The molecule has 0 saturated carbocycles. The second kappa shape index (κ2) is 13.9. The average molecular weight is 647 g/mol. The minimum atomic E-state index is -0.667. The third-order valence-electron chi connectivity index (χ3n) is 8.73. The Balaban J connectivity index is 1.70. The van der Waals surface area contributed by atoms with Crippen LogP contribution >= 0.6 is 27.7 Å². The van der Waals surface area contributed by atoms with E-state index in [4.69, 9.17) is 0 Å². The third kappa shape index (κ3) is 6.18. The van der Waals surface area contributed by atoms with E-state index < -0.39 is 22.6 Å². The summed E-state index contributed by atoms with van der Waals surface area (Å²) in [5, 5.41) is 9.10. The zero-order valence-corrected chi connectivity index (χ0v) is 26.7. The lowest BCUT2D eigenvalue weighted by Gasteiger charge is -2.39. The van der Waals surface area contributed by atoms with Crippen molar-refractivity contribution in [2.24, 2.45) is 11.8 Å². The topological polar surface area (TPSA) is 81.2 Å². The molecule has 1 spiro atoms. The number of unbranched alkanes of at least 4 members (excludes halogenated alkanes) is 3. The largest absolute Gasteiger partial charge is 0.396 e. The van der Waals surface area contributed by atoms with Crippen LogP contribution in [-0.4, -0.2) is 90.7 Å². The number of alkyl halides is 1. The van der Waals surface area contributed by atoms with Crippen molar-refractivity contribution < 1.29 is 19.5 Å². The van der Waals surface area contributed by atoms with Gasteiger partial charge < -0.3 is 19.8 Å². The first kappa shape index (κ1) is 31.8. The van der Waals surface area contributed by atoms with Crippen molar-refractivity contribution in [3.8, 4) is 0 Å². The van der Waals surface area contributed by atoms with Crippen molar-refractivity contribution in [1.29, 1.82) is 0 Å². The van der Waals surface area contributed by atoms with Gasteiger partial charge in [0, 0.05) is 48.9 Å². The summed E-state index contributed by atoms with van der Waals surface area (Å²) in [6.45, 7) is 13.6. The normalized spacial score (nSPS) is 28.2. The Morgan fingerprint density at radius 1 is 1.12 bits per heavy atom. The van der Waals surface area contributed by atoms with Crippen LogP contribution in [0.3, 0.4) is 0 Å². The standard InChI is InChI=1S/C32H44BrN3O4S/c1-5-16-34(21-23-14-10-9-11-15-23)29(38)25-26-30(39)36(18-12-7-8-13-19-37)28(31(40)35(17-6-2)22(3)4)32(26)20-24(33)27(25)41-32/h5-6,9-11,14-15,22,24-28,37H,1-2,7-8,12-13,16-21H2,3-4H3/t24?,25-,26+,27-,28?,32?/m1/s1. The quantitative estimate of drug-likeness (QED) is 0.171. The van der Waals surface area contributed by atoms with Crippen LogP contribution in [0.2, 0.25) is 0 Å². The molecule has 3 amide bonds. The molecule has 1 N–H and O–H groups in total. The van der Waals surface area contributed by atoms with Crippen molar-refractivity contribution in [3.63, 3.8) is 0 Å². The predicted octanol–water partition coefficient (Wildman–Crippen LogP) is 4.64. The molecule has 41 heavy (non-hydrogen) atoms. The van der Waals surface area contributed by atoms with Gasteiger partial charge >= 0.3 is 0 Å². The third-order valence-corrected chi connectivity index (χ3v) is 11.9. The molecule has 9 heteroatoms. The fraction of sp³-hybridized carbons (Fsp3) is 0.594. The monoisotopic (exact) mass is 645 g/mol. The van der Waals surface area contributed by atoms with Gasteiger partial charge in [-0.3, -0.25) is 14.4 Å². The Hall–Kier alpha value is -2.10. The summed E-state index contributed by atoms with van der Waals surface area (Å²) < 4.78 is -0.667. The summed E-state index contributed by atoms with van der Waals surface area (Å²) >= 11 is 5.56. The Kier molecular flexibility index (Phi) is 10.8. The summed E-state index contributed by atoms with van der Waals surface area (Å²) in [5.74, 6) is -1.24. The molecule has 0 radical (unpaired) electrons. The van der Waals surface area contributed by atoms with Crippen LogP contribution in [0.4, 0.5) is 0 Å². The maximum absolute atomic E-state index is 14.4. The minimum absolute atomic E-state index is 0.0273. The van der Waals surface area contributed by atoms with E-state index in [9.17, 15) is 19.5 Å². The minimum Gasteiger partial charge on any atom is -0.396 e. The number of amides is 3. The highest BCUT2D eigenvalue weighted by Gasteiger charge is 2.76. The van der Waals surface area contributed by atoms with E-state index in [1.807, 2.05) is 54.0 Å². The number of rotatable bonds is 15. The molecule has 3 saturated heterocycles. The Morgan fingerprint density at radius 3 is 2.44 bits per heavy atom. The fourth-order valence-electron chi connectivity index (χ4n) is 6.93. The summed E-state index contributed by atoms with van der Waals surface area (Å²) in [7, 11) is 0. The SMILES string of the molecule is C=CCN(Cc1ccccc1)C(=O)[C@H]1[C@@H]2SC3(CC2Br)C(C(=O)N(CC=C)C(C)C)N(CCCCCCO)C(=O)[C@H]13. The van der Waals surface area contributed by atoms with E-state index in [1.54, 1.807) is 28.8 Å². The summed E-state index contributed by atoms with van der Waals surface area (Å²) in [6.07, 6.45) is 7.36. The van der Waals surface area contributed by atoms with E-state index >= 15 is 0 Å². The number of carbonyl (C=O) groups is 3. The first-order valence-corrected chi connectivity index (χ1v) is 16.6. The highest BCUT2D eigenvalue weighted by Crippen LogP contribution is 2.68. The van der Waals surface area contributed by atoms with Crippen molar-refractivity contribution in [3.05, 3.63) is 61.2 Å². The number of benzene rings is 1. The molecule has 3 aliphatic rings. The molecule has 1 aromatic rings. The number of hydrogen-bond acceptors (Lipinski definition) is 5. The van der Waals surface area contributed by atoms with Crippen LogP contribution < -0.4 is 0 Å². The molecule has 1 aromatic carbocycles. The van der Waals surface area contributed by atoms with Crippen LogP contribution in [0.25, 0.3) is 0 Å². The van der Waals surface area contributed by atoms with E-state index in [-0.39, 0.29) is 40.4 Å². The lowest BCUT2D eigenvalue weighted by Crippen LogP contribution is -2.57. The summed E-state index contributed by atoms with van der Waals surface area (Å²) in [6, 6.07) is 9.20. The molecule has 0 aliphatic carbocycles. The number of likely N-dealkylation sites (tertiary alicyclic amines) is 1. The molecular formula is C32H44BrN3O4S. The second-order valence-corrected chi connectivity index (χ2v) is 14.4. The van der Waals surface area contributed by atoms with Crippen LogP contribution in [0, 0.1) is 11.8 Å². The maximum Gasteiger partial charge on any atom is 0.247 e. The van der Waals surface area contributed by atoms with Gasteiger partial charge in [-0.2, -0.15) is 0 Å². The Labute approximate surface area is 257 Å². The molecule has 4 rings (SSSR count). The molecule has 7 nitrogen and oxygen atoms in total. The van der Waals surface area contributed by atoms with Gasteiger partial charge in [0.15, 0.2) is 0 Å². The maximum atomic E-state index is 14.4. The number of aliphatic hydroxyl groups excluding tert-OH is 1. The van der Waals surface area contributed by atoms with Crippen molar-refractivity contribution in [1.82, 2.24) is 14.7 Å². The molecule has 0 aromatic heterocycles. The first-order chi connectivity index (χ1) is 19.7. The number of halogens is 1. The highest BCUT2D eigenvalue weighted by molar-refractivity contribution is 9.09. The van der Waals surface area contributed by atoms with Gasteiger partial charge in [0.25, 0.3) is 0 Å². The first-order valence-electron chi connectivity index (χ1n) is 14.8. The summed E-state index contributed by atoms with van der Waals surface area (Å²) in [4.78, 5) is 48.6. The van der Waals surface area contributed by atoms with Gasteiger partial charge in [0.05, 0.1) is 16.6 Å². The number of carbonyl (C=O) groups excluding carboxylic acids is 3. The lowest BCUT2D eigenvalue weighted by molar-refractivity contribution is -0.145. The summed E-state index contributed by atoms with van der Waals surface area (Å²) in [5.41, 5.74) is 1.02. The van der Waals surface area contributed by atoms with Crippen LogP contribution in [0.1, 0.15) is 51.5 Å². The number of fused-ring (bicyclic) bond motifs is 1. The van der Waals surface area contributed by atoms with Crippen molar-refractivity contribution >= 4 is 45.4 Å². The predicted molar refractivity (Wildman–Crippen MR) is 169 cm³/mol. The molecular weight excluding hydrogens is 602 g/mol. The van der Waals surface area contributed by atoms with Gasteiger partial charge in [-0.05, 0) is 38.7 Å². The zero-order chi connectivity index (χ0) is 29.7. The van der Waals surface area contributed by atoms with Crippen LogP contribution in [0.15, 0.2) is 55.6 Å². The second-order valence-electron chi connectivity index (χ2n) is 11.7.